The fraction of sp³-hybridized carbons (Fsp3) is 0.364. The number of esters is 1. The van der Waals surface area contributed by atoms with E-state index < -0.39 is 50.1 Å². The normalized spacial score (nSPS) is 23.2. The zero-order chi connectivity index (χ0) is 25.4. The third-order valence-electron chi connectivity index (χ3n) is 5.64. The molecule has 5 atom stereocenters. The molecular weight excluding hydrogens is 494 g/mol. The molecule has 190 valence electrons. The molecule has 3 N–H and O–H groups in total. The van der Waals surface area contributed by atoms with E-state index in [4.69, 9.17) is 24.5 Å². The predicted octanol–water partition coefficient (Wildman–Crippen LogP) is 2.70. The maximum absolute atomic E-state index is 15.2. The number of hydrogen-bond acceptors (Lipinski definition) is 10. The van der Waals surface area contributed by atoms with E-state index >= 15 is 4.39 Å². The van der Waals surface area contributed by atoms with Gasteiger partial charge in [0.15, 0.2) is 23.5 Å². The van der Waals surface area contributed by atoms with Gasteiger partial charge in [0, 0.05) is 5.57 Å². The van der Waals surface area contributed by atoms with Gasteiger partial charge >= 0.3 is 13.5 Å². The van der Waals surface area contributed by atoms with Crippen molar-refractivity contribution >= 4 is 30.5 Å². The van der Waals surface area contributed by atoms with Crippen molar-refractivity contribution in [2.75, 3.05) is 18.7 Å². The van der Waals surface area contributed by atoms with Crippen LogP contribution < -0.4 is 15.3 Å². The van der Waals surface area contributed by atoms with Crippen LogP contribution in [0.15, 0.2) is 54.4 Å². The van der Waals surface area contributed by atoms with Crippen LogP contribution in [0.4, 0.5) is 10.2 Å². The number of anilines is 1. The lowest BCUT2D eigenvalue weighted by Gasteiger charge is -2.24. The van der Waals surface area contributed by atoms with Crippen LogP contribution in [0.2, 0.25) is 0 Å². The van der Waals surface area contributed by atoms with E-state index in [2.05, 4.69) is 20.0 Å². The minimum atomic E-state index is -3.77. The molecule has 3 aromatic rings. The zero-order valence-corrected chi connectivity index (χ0v) is 20.3. The number of nitrogens with zero attached hydrogens (tertiary/aromatic N) is 4. The highest BCUT2D eigenvalue weighted by molar-refractivity contribution is 7.57. The van der Waals surface area contributed by atoms with Crippen LogP contribution in [0.1, 0.15) is 20.1 Å². The molecule has 0 saturated heterocycles. The molecule has 36 heavy (non-hydrogen) atoms. The van der Waals surface area contributed by atoms with Crippen molar-refractivity contribution in [3.63, 3.8) is 0 Å². The van der Waals surface area contributed by atoms with Crippen LogP contribution >= 0.6 is 7.52 Å². The first-order valence-corrected chi connectivity index (χ1v) is 13.0. The fourth-order valence-electron chi connectivity index (χ4n) is 3.92. The first kappa shape index (κ1) is 24.3. The Labute approximate surface area is 205 Å². The first-order valence-electron chi connectivity index (χ1n) is 11.2. The summed E-state index contributed by atoms with van der Waals surface area (Å²) in [4.78, 5) is 24.2. The van der Waals surface area contributed by atoms with Crippen molar-refractivity contribution in [1.82, 2.24) is 24.6 Å². The van der Waals surface area contributed by atoms with Crippen LogP contribution in [0.5, 0.6) is 5.75 Å². The van der Waals surface area contributed by atoms with E-state index in [1.165, 1.54) is 24.1 Å². The first-order chi connectivity index (χ1) is 17.3. The Morgan fingerprint density at radius 1 is 1.31 bits per heavy atom. The van der Waals surface area contributed by atoms with E-state index in [0.717, 1.165) is 0 Å². The van der Waals surface area contributed by atoms with E-state index in [9.17, 15) is 9.36 Å². The molecular formula is C22H24FN6O6P. The number of nitrogen functional groups attached to an aromatic ring is 1. The van der Waals surface area contributed by atoms with Crippen LogP contribution in [0.25, 0.3) is 11.2 Å². The topological polar surface area (TPSA) is 153 Å². The van der Waals surface area contributed by atoms with Crippen molar-refractivity contribution in [3.05, 3.63) is 54.4 Å². The number of nitrogens with one attached hydrogen (secondary N) is 1. The number of rotatable bonds is 10. The van der Waals surface area contributed by atoms with E-state index in [1.807, 2.05) is 0 Å². The lowest BCUT2D eigenvalue weighted by molar-refractivity contribution is -0.144. The zero-order valence-electron chi connectivity index (χ0n) is 19.4. The lowest BCUT2D eigenvalue weighted by Crippen LogP contribution is -2.35. The third-order valence-corrected chi connectivity index (χ3v) is 7.41. The minimum absolute atomic E-state index is 0.172. The van der Waals surface area contributed by atoms with Gasteiger partial charge in [-0.3, -0.25) is 13.9 Å². The Morgan fingerprint density at radius 3 is 2.78 bits per heavy atom. The number of carbonyl (C=O) groups is 1. The predicted molar refractivity (Wildman–Crippen MR) is 125 cm³/mol. The summed E-state index contributed by atoms with van der Waals surface area (Å²) in [5, 5.41) is 2.69. The molecule has 1 aromatic carbocycles. The molecule has 1 fully saturated rings. The summed E-state index contributed by atoms with van der Waals surface area (Å²) < 4.78 is 52.5. The standard InChI is InChI=1S/C22H24FN6O6P/c1-3-32-22(30)12(2)28-36(31,35-13-7-5-4-6-8-13)11-33-17-14-15(23)21(34-18(14)17)29-10-27-16-19(24)25-9-26-20(16)29/h4-10,12,17-18,21H,3,11H2,1-2H3,(H,28,31)(H2,24,25,26)/t12-,17?,18-,21+,36?/m0/s1. The van der Waals surface area contributed by atoms with Gasteiger partial charge in [-0.15, -0.1) is 0 Å². The summed E-state index contributed by atoms with van der Waals surface area (Å²) in [6, 6.07) is 7.53. The number of ether oxygens (including phenoxy) is 3. The Kier molecular flexibility index (Phi) is 6.47. The van der Waals surface area contributed by atoms with Crippen molar-refractivity contribution in [2.24, 2.45) is 0 Å². The number of para-hydroxylation sites is 1. The number of halogens is 1. The maximum Gasteiger partial charge on any atom is 0.342 e. The number of imidazole rings is 1. The molecule has 0 spiro atoms. The van der Waals surface area contributed by atoms with Crippen molar-refractivity contribution < 1.29 is 32.5 Å². The second kappa shape index (κ2) is 9.58. The average molecular weight is 518 g/mol. The highest BCUT2D eigenvalue weighted by Crippen LogP contribution is 2.54. The molecule has 14 heteroatoms. The van der Waals surface area contributed by atoms with Crippen molar-refractivity contribution in [3.8, 4) is 5.75 Å². The highest BCUT2D eigenvalue weighted by atomic mass is 31.2. The summed E-state index contributed by atoms with van der Waals surface area (Å²) >= 11 is 0. The maximum atomic E-state index is 15.2. The third kappa shape index (κ3) is 4.58. The van der Waals surface area contributed by atoms with Gasteiger partial charge in [-0.25, -0.2) is 24.4 Å². The monoisotopic (exact) mass is 518 g/mol. The molecule has 2 aromatic heterocycles. The summed E-state index contributed by atoms with van der Waals surface area (Å²) in [6.45, 7) is 3.35. The summed E-state index contributed by atoms with van der Waals surface area (Å²) in [5.41, 5.74) is 6.77. The smallest absolute Gasteiger partial charge is 0.342 e. The Morgan fingerprint density at radius 2 is 2.08 bits per heavy atom. The average Bonchev–Trinajstić information content (AvgIpc) is 3.17. The second-order valence-electron chi connectivity index (χ2n) is 8.19. The molecule has 0 bridgehead atoms. The molecule has 2 aliphatic rings. The Balaban J connectivity index is 1.30. The fourth-order valence-corrected chi connectivity index (χ4v) is 5.61. The number of fused-ring (bicyclic) bond motifs is 2. The Hall–Kier alpha value is -3.38. The van der Waals surface area contributed by atoms with Crippen molar-refractivity contribution in [1.29, 1.82) is 0 Å². The summed E-state index contributed by atoms with van der Waals surface area (Å²) in [6.07, 6.45) is -0.281. The van der Waals surface area contributed by atoms with Crippen molar-refractivity contribution in [2.45, 2.75) is 38.3 Å². The molecule has 3 heterocycles. The van der Waals surface area contributed by atoms with Gasteiger partial charge < -0.3 is 24.5 Å². The summed E-state index contributed by atoms with van der Waals surface area (Å²) in [5.74, 6) is -0.642. The molecule has 1 aliphatic heterocycles. The van der Waals surface area contributed by atoms with E-state index in [1.54, 1.807) is 37.3 Å². The van der Waals surface area contributed by atoms with Gasteiger partial charge in [-0.05, 0) is 26.0 Å². The molecule has 12 nitrogen and oxygen atoms in total. The number of carbonyl (C=O) groups excluding carboxylic acids is 1. The van der Waals surface area contributed by atoms with Gasteiger partial charge in [-0.1, -0.05) is 18.2 Å². The quantitative estimate of drug-likeness (QED) is 0.301. The SMILES string of the molecule is CCOC(=O)[C@H](C)NP(=O)(COC1C2=C(F)[C@H](n3cnc4c(N)ncnc43)O[C@@H]21)Oc1ccccc1. The van der Waals surface area contributed by atoms with Gasteiger partial charge in [0.2, 0.25) is 0 Å². The van der Waals surface area contributed by atoms with Crippen LogP contribution in [0, 0.1) is 0 Å². The molecule has 2 unspecified atom stereocenters. The highest BCUT2D eigenvalue weighted by Gasteiger charge is 2.58. The molecule has 0 radical (unpaired) electrons. The number of nitrogens with two attached hydrogens (primary N) is 1. The van der Waals surface area contributed by atoms with Gasteiger partial charge in [-0.2, -0.15) is 0 Å². The van der Waals surface area contributed by atoms with E-state index in [0.29, 0.717) is 22.5 Å². The van der Waals surface area contributed by atoms with Gasteiger partial charge in [0.25, 0.3) is 0 Å². The summed E-state index contributed by atoms with van der Waals surface area (Å²) in [7, 11) is -3.77. The largest absolute Gasteiger partial charge is 0.465 e. The van der Waals surface area contributed by atoms with Gasteiger partial charge in [0.05, 0.1) is 12.9 Å². The molecule has 1 saturated carbocycles. The van der Waals surface area contributed by atoms with Gasteiger partial charge in [0.1, 0.15) is 42.2 Å². The van der Waals surface area contributed by atoms with Crippen LogP contribution in [0.3, 0.4) is 0 Å². The lowest BCUT2D eigenvalue weighted by atomic mass is 10.3. The molecule has 1 aliphatic carbocycles. The minimum Gasteiger partial charge on any atom is -0.465 e. The number of hydrogen-bond donors (Lipinski definition) is 2. The number of benzene rings is 1. The van der Waals surface area contributed by atoms with E-state index in [-0.39, 0.29) is 12.4 Å². The second-order valence-corrected chi connectivity index (χ2v) is 10.2. The number of aromatic nitrogens is 4. The van der Waals surface area contributed by atoms with Crippen LogP contribution in [-0.2, 0) is 23.6 Å². The molecule has 5 rings (SSSR count). The Bertz CT molecular complexity index is 1370. The van der Waals surface area contributed by atoms with Crippen LogP contribution in [-0.4, -0.2) is 56.7 Å². The molecule has 0 amide bonds.